The molecule has 15 heavy (non-hydrogen) atoms. The fraction of sp³-hybridized carbons (Fsp3) is 0.167. The summed E-state index contributed by atoms with van der Waals surface area (Å²) in [7, 11) is 1.82. The van der Waals surface area contributed by atoms with Gasteiger partial charge in [0.05, 0.1) is 12.5 Å². The van der Waals surface area contributed by atoms with Crippen LogP contribution in [0.25, 0.3) is 0 Å². The van der Waals surface area contributed by atoms with Gasteiger partial charge in [-0.25, -0.2) is 4.98 Å². The van der Waals surface area contributed by atoms with Gasteiger partial charge in [0.25, 0.3) is 0 Å². The number of imidazole rings is 1. The summed E-state index contributed by atoms with van der Waals surface area (Å²) in [5, 5.41) is 0. The molecule has 2 aromatic rings. The predicted molar refractivity (Wildman–Crippen MR) is 57.8 cm³/mol. The Labute approximate surface area is 88.4 Å². The van der Waals surface area contributed by atoms with Crippen LogP contribution in [0.3, 0.4) is 0 Å². The van der Waals surface area contributed by atoms with E-state index in [9.17, 15) is 4.79 Å². The minimum atomic E-state index is 0.0127. The van der Waals surface area contributed by atoms with Crippen LogP contribution < -0.4 is 0 Å². The van der Waals surface area contributed by atoms with E-state index < -0.39 is 0 Å². The lowest BCUT2D eigenvalue weighted by molar-refractivity contribution is 0.103. The molecule has 0 N–H and O–H groups in total. The molecule has 0 fully saturated rings. The molecule has 0 saturated carbocycles. The molecule has 2 rings (SSSR count). The molecule has 3 heteroatoms. The van der Waals surface area contributed by atoms with Crippen LogP contribution in [-0.2, 0) is 7.05 Å². The van der Waals surface area contributed by atoms with Crippen molar-refractivity contribution in [1.29, 1.82) is 0 Å². The van der Waals surface area contributed by atoms with E-state index in [1.165, 1.54) is 0 Å². The maximum absolute atomic E-state index is 12.0. The molecule has 3 nitrogen and oxygen atoms in total. The van der Waals surface area contributed by atoms with Gasteiger partial charge in [0, 0.05) is 12.6 Å². The second kappa shape index (κ2) is 3.69. The van der Waals surface area contributed by atoms with E-state index in [1.807, 2.05) is 38.2 Å². The number of hydrogen-bond donors (Lipinski definition) is 0. The average Bonchev–Trinajstić information content (AvgIpc) is 2.63. The van der Waals surface area contributed by atoms with Crippen molar-refractivity contribution < 1.29 is 4.79 Å². The molecule has 0 radical (unpaired) electrons. The van der Waals surface area contributed by atoms with E-state index in [2.05, 4.69) is 4.98 Å². The first-order valence-corrected chi connectivity index (χ1v) is 4.76. The lowest BCUT2D eigenvalue weighted by Crippen LogP contribution is -2.06. The summed E-state index contributed by atoms with van der Waals surface area (Å²) in [4.78, 5) is 16.0. The third-order valence-electron chi connectivity index (χ3n) is 2.33. The van der Waals surface area contributed by atoms with Gasteiger partial charge in [-0.05, 0) is 13.0 Å². The molecule has 0 saturated heterocycles. The highest BCUT2D eigenvalue weighted by Crippen LogP contribution is 2.10. The molecular formula is C12H12N2O. The first-order valence-electron chi connectivity index (χ1n) is 4.76. The van der Waals surface area contributed by atoms with E-state index in [1.54, 1.807) is 17.1 Å². The van der Waals surface area contributed by atoms with Crippen molar-refractivity contribution >= 4 is 5.78 Å². The van der Waals surface area contributed by atoms with Crippen molar-refractivity contribution in [1.82, 2.24) is 9.55 Å². The van der Waals surface area contributed by atoms with Gasteiger partial charge in [-0.15, -0.1) is 0 Å². The fourth-order valence-electron chi connectivity index (χ4n) is 1.51. The van der Waals surface area contributed by atoms with E-state index in [0.29, 0.717) is 11.3 Å². The second-order valence-electron chi connectivity index (χ2n) is 3.59. The van der Waals surface area contributed by atoms with Crippen molar-refractivity contribution in [2.24, 2.45) is 7.05 Å². The molecule has 76 valence electrons. The Balaban J connectivity index is 2.41. The number of aryl methyl sites for hydroxylation is 2. The average molecular weight is 200 g/mol. The largest absolute Gasteiger partial charge is 0.331 e. The number of carbonyl (C=O) groups excluding carboxylic acids is 1. The minimum absolute atomic E-state index is 0.0127. The second-order valence-corrected chi connectivity index (χ2v) is 3.59. The Kier molecular flexibility index (Phi) is 2.37. The number of nitrogens with zero attached hydrogens (tertiary/aromatic N) is 2. The smallest absolute Gasteiger partial charge is 0.211 e. The zero-order chi connectivity index (χ0) is 10.8. The standard InChI is InChI=1S/C12H12N2O/c1-9-4-3-5-10(6-9)12(15)11-7-13-8-14(11)2/h3-8H,1-2H3. The van der Waals surface area contributed by atoms with Gasteiger partial charge < -0.3 is 4.57 Å². The van der Waals surface area contributed by atoms with E-state index in [4.69, 9.17) is 0 Å². The third kappa shape index (κ3) is 1.81. The number of ketones is 1. The highest BCUT2D eigenvalue weighted by molar-refractivity contribution is 6.07. The Morgan fingerprint density at radius 1 is 1.40 bits per heavy atom. The molecule has 1 aromatic carbocycles. The molecule has 1 aromatic heterocycles. The Bertz CT molecular complexity index is 500. The summed E-state index contributed by atoms with van der Waals surface area (Å²) >= 11 is 0. The molecule has 0 unspecified atom stereocenters. The lowest BCUT2D eigenvalue weighted by atomic mass is 10.1. The zero-order valence-corrected chi connectivity index (χ0v) is 8.77. The minimum Gasteiger partial charge on any atom is -0.331 e. The van der Waals surface area contributed by atoms with Gasteiger partial charge in [-0.2, -0.15) is 0 Å². The van der Waals surface area contributed by atoms with Gasteiger partial charge >= 0.3 is 0 Å². The van der Waals surface area contributed by atoms with Crippen LogP contribution in [0.4, 0.5) is 0 Å². The summed E-state index contributed by atoms with van der Waals surface area (Å²) < 4.78 is 1.73. The molecule has 0 amide bonds. The van der Waals surface area contributed by atoms with Crippen LogP contribution in [-0.4, -0.2) is 15.3 Å². The molecule has 0 aliphatic heterocycles. The van der Waals surface area contributed by atoms with Gasteiger partial charge in [0.15, 0.2) is 0 Å². The van der Waals surface area contributed by atoms with Gasteiger partial charge in [-0.3, -0.25) is 4.79 Å². The molecular weight excluding hydrogens is 188 g/mol. The maximum Gasteiger partial charge on any atom is 0.211 e. The summed E-state index contributed by atoms with van der Waals surface area (Å²) in [6.45, 7) is 1.97. The normalized spacial score (nSPS) is 10.3. The first-order chi connectivity index (χ1) is 7.18. The van der Waals surface area contributed by atoms with Crippen molar-refractivity contribution in [3.8, 4) is 0 Å². The van der Waals surface area contributed by atoms with E-state index in [-0.39, 0.29) is 5.78 Å². The molecule has 0 atom stereocenters. The quantitative estimate of drug-likeness (QED) is 0.694. The molecule has 0 bridgehead atoms. The van der Waals surface area contributed by atoms with Crippen molar-refractivity contribution in [3.63, 3.8) is 0 Å². The number of hydrogen-bond acceptors (Lipinski definition) is 2. The van der Waals surface area contributed by atoms with Crippen LogP contribution in [0.5, 0.6) is 0 Å². The van der Waals surface area contributed by atoms with Crippen molar-refractivity contribution in [3.05, 3.63) is 53.6 Å². The maximum atomic E-state index is 12.0. The molecule has 0 aliphatic rings. The van der Waals surface area contributed by atoms with Crippen LogP contribution in [0.2, 0.25) is 0 Å². The number of aromatic nitrogens is 2. The van der Waals surface area contributed by atoms with Crippen LogP contribution in [0, 0.1) is 6.92 Å². The SMILES string of the molecule is Cc1cccc(C(=O)c2cncn2C)c1. The number of carbonyl (C=O) groups is 1. The Morgan fingerprint density at radius 2 is 2.20 bits per heavy atom. The monoisotopic (exact) mass is 200 g/mol. The zero-order valence-electron chi connectivity index (χ0n) is 8.77. The van der Waals surface area contributed by atoms with Crippen molar-refractivity contribution in [2.75, 3.05) is 0 Å². The molecule has 0 aliphatic carbocycles. The highest BCUT2D eigenvalue weighted by Gasteiger charge is 2.11. The van der Waals surface area contributed by atoms with Gasteiger partial charge in [0.1, 0.15) is 5.69 Å². The van der Waals surface area contributed by atoms with Gasteiger partial charge in [0.2, 0.25) is 5.78 Å². The summed E-state index contributed by atoms with van der Waals surface area (Å²) in [6, 6.07) is 7.57. The lowest BCUT2D eigenvalue weighted by Gasteiger charge is -2.02. The summed E-state index contributed by atoms with van der Waals surface area (Å²) in [6.07, 6.45) is 3.22. The Hall–Kier alpha value is -1.90. The third-order valence-corrected chi connectivity index (χ3v) is 2.33. The highest BCUT2D eigenvalue weighted by atomic mass is 16.1. The van der Waals surface area contributed by atoms with Crippen molar-refractivity contribution in [2.45, 2.75) is 6.92 Å². The van der Waals surface area contributed by atoms with E-state index >= 15 is 0 Å². The topological polar surface area (TPSA) is 34.9 Å². The van der Waals surface area contributed by atoms with E-state index in [0.717, 1.165) is 5.56 Å². The van der Waals surface area contributed by atoms with Crippen LogP contribution in [0.15, 0.2) is 36.8 Å². The number of rotatable bonds is 2. The fourth-order valence-corrected chi connectivity index (χ4v) is 1.51. The Morgan fingerprint density at radius 3 is 2.80 bits per heavy atom. The van der Waals surface area contributed by atoms with Crippen LogP contribution in [0.1, 0.15) is 21.6 Å². The van der Waals surface area contributed by atoms with Crippen LogP contribution >= 0.6 is 0 Å². The molecule has 0 spiro atoms. The summed E-state index contributed by atoms with van der Waals surface area (Å²) in [5.74, 6) is 0.0127. The van der Waals surface area contributed by atoms with Gasteiger partial charge in [-0.1, -0.05) is 23.8 Å². The number of benzene rings is 1. The predicted octanol–water partition coefficient (Wildman–Crippen LogP) is 1.96. The molecule has 1 heterocycles. The summed E-state index contributed by atoms with van der Waals surface area (Å²) in [5.41, 5.74) is 2.40. The first kappa shape index (κ1) is 9.65.